The topological polar surface area (TPSA) is 3.88 Å². The molecule has 0 aliphatic heterocycles. The molecule has 0 fully saturated rings. The molecular formula is C22H24N+. The summed E-state index contributed by atoms with van der Waals surface area (Å²) in [4.78, 5) is 0. The smallest absolute Gasteiger partial charge is 0.200 e. The van der Waals surface area contributed by atoms with Gasteiger partial charge >= 0.3 is 0 Å². The van der Waals surface area contributed by atoms with Crippen LogP contribution in [-0.4, -0.2) is 0 Å². The van der Waals surface area contributed by atoms with Crippen molar-refractivity contribution in [1.82, 2.24) is 0 Å². The monoisotopic (exact) mass is 308 g/mol. The van der Waals surface area contributed by atoms with E-state index in [1.165, 1.54) is 11.6 Å². The van der Waals surface area contributed by atoms with E-state index in [1.54, 1.807) is 13.0 Å². The predicted molar refractivity (Wildman–Crippen MR) is 97.4 cm³/mol. The normalized spacial score (nSPS) is 15.8. The molecule has 0 aliphatic rings. The zero-order valence-electron chi connectivity index (χ0n) is 19.6. The molecule has 0 aliphatic carbocycles. The molecule has 1 aromatic heterocycles. The Kier molecular flexibility index (Phi) is 2.52. The van der Waals surface area contributed by atoms with Crippen molar-refractivity contribution in [2.45, 2.75) is 27.6 Å². The Morgan fingerprint density at radius 1 is 0.826 bits per heavy atom. The molecule has 0 atom stereocenters. The van der Waals surface area contributed by atoms with Gasteiger partial charge < -0.3 is 0 Å². The summed E-state index contributed by atoms with van der Waals surface area (Å²) < 4.78 is 48.8. The highest BCUT2D eigenvalue weighted by Crippen LogP contribution is 2.26. The SMILES string of the molecule is [2H]C([2H])([2H])c1cc(-c2ccc(-c3ccccc3C)[n+](C)c2)cc(C)c1C([2H])([2H])[2H]. The van der Waals surface area contributed by atoms with E-state index in [0.29, 0.717) is 11.1 Å². The first-order valence-corrected chi connectivity index (χ1v) is 7.61. The molecule has 0 spiro atoms. The minimum absolute atomic E-state index is 0.0813. The van der Waals surface area contributed by atoms with Crippen LogP contribution in [0.4, 0.5) is 0 Å². The lowest BCUT2D eigenvalue weighted by Crippen LogP contribution is -2.30. The average Bonchev–Trinajstić information content (AvgIpc) is 2.60. The maximum absolute atomic E-state index is 7.84. The fourth-order valence-electron chi connectivity index (χ4n) is 2.87. The molecule has 0 saturated carbocycles. The Balaban J connectivity index is 2.16. The predicted octanol–water partition coefficient (Wildman–Crippen LogP) is 5.08. The van der Waals surface area contributed by atoms with Crippen LogP contribution in [0.15, 0.2) is 54.7 Å². The first-order chi connectivity index (χ1) is 13.4. The number of pyridine rings is 1. The lowest BCUT2D eigenvalue weighted by atomic mass is 9.96. The molecule has 2 aromatic carbocycles. The molecule has 116 valence electrons. The van der Waals surface area contributed by atoms with Crippen molar-refractivity contribution in [3.8, 4) is 22.4 Å². The second kappa shape index (κ2) is 6.00. The van der Waals surface area contributed by atoms with Crippen LogP contribution in [0.5, 0.6) is 0 Å². The van der Waals surface area contributed by atoms with Crippen molar-refractivity contribution in [2.24, 2.45) is 7.05 Å². The summed E-state index contributed by atoms with van der Waals surface area (Å²) >= 11 is 0. The third-order valence-corrected chi connectivity index (χ3v) is 4.22. The van der Waals surface area contributed by atoms with Crippen LogP contribution in [0.25, 0.3) is 22.4 Å². The van der Waals surface area contributed by atoms with Gasteiger partial charge in [0.25, 0.3) is 0 Å². The van der Waals surface area contributed by atoms with Crippen molar-refractivity contribution < 1.29 is 12.8 Å². The Labute approximate surface area is 147 Å². The molecule has 1 nitrogen and oxygen atoms in total. The van der Waals surface area contributed by atoms with E-state index in [1.807, 2.05) is 42.1 Å². The fourth-order valence-corrected chi connectivity index (χ4v) is 2.87. The first kappa shape index (κ1) is 9.67. The standard InChI is InChI=1S/C22H24N/c1-15-8-6-7-9-21(15)22-11-10-19(14-23(22)5)20-12-16(2)18(4)17(3)13-20/h6-14H,1-5H3/q+1/i2D3,4D3. The zero-order chi connectivity index (χ0) is 21.6. The van der Waals surface area contributed by atoms with Crippen LogP contribution in [0.2, 0.25) is 0 Å². The van der Waals surface area contributed by atoms with Crippen molar-refractivity contribution in [1.29, 1.82) is 0 Å². The molecule has 0 unspecified atom stereocenters. The molecule has 0 radical (unpaired) electrons. The van der Waals surface area contributed by atoms with Crippen molar-refractivity contribution in [2.75, 3.05) is 0 Å². The van der Waals surface area contributed by atoms with Gasteiger partial charge in [0.05, 0.1) is 0 Å². The van der Waals surface area contributed by atoms with Gasteiger partial charge in [0.2, 0.25) is 5.69 Å². The van der Waals surface area contributed by atoms with E-state index >= 15 is 0 Å². The Morgan fingerprint density at radius 2 is 1.61 bits per heavy atom. The lowest BCUT2D eigenvalue weighted by molar-refractivity contribution is -0.659. The van der Waals surface area contributed by atoms with Crippen LogP contribution >= 0.6 is 0 Å². The highest BCUT2D eigenvalue weighted by atomic mass is 14.9. The van der Waals surface area contributed by atoms with E-state index in [9.17, 15) is 0 Å². The second-order valence-electron chi connectivity index (χ2n) is 5.94. The molecule has 3 aromatic rings. The van der Waals surface area contributed by atoms with Gasteiger partial charge in [-0.1, -0.05) is 30.3 Å². The average molecular weight is 308 g/mol. The number of aryl methyl sites for hydroxylation is 4. The number of nitrogens with zero attached hydrogens (tertiary/aromatic N) is 1. The van der Waals surface area contributed by atoms with Gasteiger partial charge in [-0.2, -0.15) is 0 Å². The van der Waals surface area contributed by atoms with Gasteiger partial charge in [-0.05, 0) is 67.5 Å². The van der Waals surface area contributed by atoms with Crippen molar-refractivity contribution >= 4 is 0 Å². The summed E-state index contributed by atoms with van der Waals surface area (Å²) in [5, 5.41) is 0. The third-order valence-electron chi connectivity index (χ3n) is 4.22. The van der Waals surface area contributed by atoms with Gasteiger partial charge in [0.1, 0.15) is 7.05 Å². The van der Waals surface area contributed by atoms with E-state index in [2.05, 4.69) is 19.1 Å². The Hall–Kier alpha value is -2.41. The largest absolute Gasteiger partial charge is 0.212 e. The molecule has 1 heteroatoms. The molecule has 0 bridgehead atoms. The number of benzene rings is 2. The summed E-state index contributed by atoms with van der Waals surface area (Å²) in [5.74, 6) is 0. The number of rotatable bonds is 2. The molecule has 23 heavy (non-hydrogen) atoms. The van der Waals surface area contributed by atoms with Crippen LogP contribution in [0.1, 0.15) is 30.5 Å². The van der Waals surface area contributed by atoms with Gasteiger partial charge in [-0.3, -0.25) is 0 Å². The van der Waals surface area contributed by atoms with Crippen molar-refractivity contribution in [3.63, 3.8) is 0 Å². The minimum atomic E-state index is -2.51. The van der Waals surface area contributed by atoms with Crippen LogP contribution in [-0.2, 0) is 7.05 Å². The van der Waals surface area contributed by atoms with E-state index in [0.717, 1.165) is 16.8 Å². The molecule has 3 rings (SSSR count). The molecule has 0 amide bonds. The maximum atomic E-state index is 7.84. The molecule has 0 saturated heterocycles. The van der Waals surface area contributed by atoms with Crippen LogP contribution in [0.3, 0.4) is 0 Å². The van der Waals surface area contributed by atoms with Gasteiger partial charge in [-0.15, -0.1) is 0 Å². The number of hydrogen-bond acceptors (Lipinski definition) is 0. The highest BCUT2D eigenvalue weighted by molar-refractivity contribution is 5.67. The quantitative estimate of drug-likeness (QED) is 0.581. The summed E-state index contributed by atoms with van der Waals surface area (Å²) in [6.07, 6.45) is 1.94. The maximum Gasteiger partial charge on any atom is 0.212 e. The van der Waals surface area contributed by atoms with E-state index < -0.39 is 13.7 Å². The number of aromatic nitrogens is 1. The third kappa shape index (κ3) is 2.92. The van der Waals surface area contributed by atoms with Gasteiger partial charge in [0.15, 0.2) is 6.20 Å². The zero-order valence-corrected chi connectivity index (χ0v) is 13.6. The number of hydrogen-bond donors (Lipinski definition) is 0. The van der Waals surface area contributed by atoms with Gasteiger partial charge in [0, 0.05) is 25.4 Å². The van der Waals surface area contributed by atoms with Crippen molar-refractivity contribution in [3.05, 3.63) is 77.0 Å². The van der Waals surface area contributed by atoms with E-state index in [-0.39, 0.29) is 11.1 Å². The van der Waals surface area contributed by atoms with Crippen LogP contribution < -0.4 is 4.57 Å². The summed E-state index contributed by atoms with van der Waals surface area (Å²) in [6, 6.07) is 15.3. The van der Waals surface area contributed by atoms with Crippen LogP contribution in [0, 0.1) is 27.6 Å². The Morgan fingerprint density at radius 3 is 2.30 bits per heavy atom. The molecule has 1 heterocycles. The summed E-state index contributed by atoms with van der Waals surface area (Å²) in [6.45, 7) is -1.27. The molecule has 0 N–H and O–H groups in total. The minimum Gasteiger partial charge on any atom is -0.200 e. The fraction of sp³-hybridized carbons (Fsp3) is 0.227. The Bertz CT molecular complexity index is 1060. The summed E-state index contributed by atoms with van der Waals surface area (Å²) in [5.41, 5.74) is 5.11. The second-order valence-corrected chi connectivity index (χ2v) is 5.94. The molecular weight excluding hydrogens is 278 g/mol. The summed E-state index contributed by atoms with van der Waals surface area (Å²) in [7, 11) is 1.94. The lowest BCUT2D eigenvalue weighted by Gasteiger charge is -2.10. The first-order valence-electron chi connectivity index (χ1n) is 10.6. The highest BCUT2D eigenvalue weighted by Gasteiger charge is 2.14. The van der Waals surface area contributed by atoms with E-state index in [4.69, 9.17) is 8.22 Å². The van der Waals surface area contributed by atoms with Gasteiger partial charge in [-0.25, -0.2) is 4.57 Å².